The number of carbonyl (C=O) groups excluding carboxylic acids is 3. The molecule has 7 nitrogen and oxygen atoms in total. The molecule has 2 heterocycles. The predicted octanol–water partition coefficient (Wildman–Crippen LogP) is 0.187. The first kappa shape index (κ1) is 18.2. The number of piperazine rings is 1. The van der Waals surface area contributed by atoms with Gasteiger partial charge in [-0.15, -0.1) is 0 Å². The van der Waals surface area contributed by atoms with Gasteiger partial charge in [-0.2, -0.15) is 0 Å². The van der Waals surface area contributed by atoms with E-state index in [-0.39, 0.29) is 23.6 Å². The summed E-state index contributed by atoms with van der Waals surface area (Å²) in [4.78, 5) is 42.1. The first-order valence-corrected chi connectivity index (χ1v) is 9.63. The number of primary amides is 1. The Morgan fingerprint density at radius 1 is 1.04 bits per heavy atom. The van der Waals surface area contributed by atoms with Crippen LogP contribution in [0.3, 0.4) is 0 Å². The van der Waals surface area contributed by atoms with E-state index in [4.69, 9.17) is 5.73 Å². The maximum atomic E-state index is 12.9. The van der Waals surface area contributed by atoms with Crippen molar-refractivity contribution in [3.05, 3.63) is 0 Å². The van der Waals surface area contributed by atoms with Gasteiger partial charge in [-0.25, -0.2) is 0 Å². The van der Waals surface area contributed by atoms with Crippen molar-refractivity contribution in [1.29, 1.82) is 0 Å². The molecule has 25 heavy (non-hydrogen) atoms. The molecule has 0 spiro atoms. The molecule has 3 fully saturated rings. The van der Waals surface area contributed by atoms with E-state index in [1.807, 2.05) is 9.80 Å². The van der Waals surface area contributed by atoms with Gasteiger partial charge in [0.1, 0.15) is 0 Å². The lowest BCUT2D eigenvalue weighted by molar-refractivity contribution is -0.146. The number of nitrogens with two attached hydrogens (primary N) is 1. The Labute approximate surface area is 149 Å². The molecule has 0 radical (unpaired) electrons. The van der Waals surface area contributed by atoms with E-state index in [1.165, 1.54) is 12.8 Å². The molecule has 2 saturated heterocycles. The molecule has 1 saturated carbocycles. The third kappa shape index (κ3) is 4.51. The minimum atomic E-state index is -0.280. The second-order valence-electron chi connectivity index (χ2n) is 7.60. The molecule has 7 heteroatoms. The first-order valence-electron chi connectivity index (χ1n) is 9.63. The smallest absolute Gasteiger partial charge is 0.227 e. The van der Waals surface area contributed by atoms with Gasteiger partial charge < -0.3 is 15.5 Å². The quantitative estimate of drug-likeness (QED) is 0.767. The summed E-state index contributed by atoms with van der Waals surface area (Å²) >= 11 is 0. The van der Waals surface area contributed by atoms with Crippen molar-refractivity contribution in [3.63, 3.8) is 0 Å². The molecule has 3 aliphatic rings. The van der Waals surface area contributed by atoms with Crippen LogP contribution in [-0.4, -0.2) is 77.7 Å². The highest BCUT2D eigenvalue weighted by Gasteiger charge is 2.37. The third-order valence-electron chi connectivity index (χ3n) is 5.92. The summed E-state index contributed by atoms with van der Waals surface area (Å²) < 4.78 is 0. The lowest BCUT2D eigenvalue weighted by Gasteiger charge is -2.40. The van der Waals surface area contributed by atoms with E-state index in [2.05, 4.69) is 4.90 Å². The Balaban J connectivity index is 1.49. The zero-order valence-electron chi connectivity index (χ0n) is 15.0. The Bertz CT molecular complexity index is 510. The van der Waals surface area contributed by atoms with Crippen molar-refractivity contribution in [1.82, 2.24) is 14.7 Å². The van der Waals surface area contributed by atoms with Gasteiger partial charge in [0.15, 0.2) is 0 Å². The number of likely N-dealkylation sites (tertiary alicyclic amines) is 1. The molecule has 140 valence electrons. The number of nitrogens with zero attached hydrogens (tertiary/aromatic N) is 3. The second-order valence-corrected chi connectivity index (χ2v) is 7.60. The van der Waals surface area contributed by atoms with Crippen molar-refractivity contribution < 1.29 is 14.4 Å². The van der Waals surface area contributed by atoms with Crippen LogP contribution in [-0.2, 0) is 14.4 Å². The summed E-state index contributed by atoms with van der Waals surface area (Å²) in [5.74, 6) is 0.102. The number of carbonyl (C=O) groups is 3. The highest BCUT2D eigenvalue weighted by molar-refractivity contribution is 5.84. The minimum Gasteiger partial charge on any atom is -0.370 e. The van der Waals surface area contributed by atoms with Crippen LogP contribution < -0.4 is 5.73 Å². The van der Waals surface area contributed by atoms with Crippen molar-refractivity contribution in [2.75, 3.05) is 39.3 Å². The summed E-state index contributed by atoms with van der Waals surface area (Å²) in [6.07, 6.45) is 6.13. The molecule has 1 aliphatic carbocycles. The Morgan fingerprint density at radius 3 is 2.36 bits per heavy atom. The summed E-state index contributed by atoms with van der Waals surface area (Å²) in [5, 5.41) is 0. The van der Waals surface area contributed by atoms with Crippen LogP contribution in [0.5, 0.6) is 0 Å². The van der Waals surface area contributed by atoms with E-state index in [9.17, 15) is 14.4 Å². The average Bonchev–Trinajstić information content (AvgIpc) is 3.14. The van der Waals surface area contributed by atoms with Crippen molar-refractivity contribution in [2.45, 2.75) is 51.0 Å². The summed E-state index contributed by atoms with van der Waals surface area (Å²) in [5.41, 5.74) is 5.20. The van der Waals surface area contributed by atoms with Gasteiger partial charge in [0, 0.05) is 58.2 Å². The zero-order valence-corrected chi connectivity index (χ0v) is 15.0. The third-order valence-corrected chi connectivity index (χ3v) is 5.92. The summed E-state index contributed by atoms with van der Waals surface area (Å²) in [7, 11) is 0. The maximum Gasteiger partial charge on any atom is 0.227 e. The first-order chi connectivity index (χ1) is 12.0. The lowest BCUT2D eigenvalue weighted by Crippen LogP contribution is -2.54. The van der Waals surface area contributed by atoms with Crippen LogP contribution in [0.25, 0.3) is 0 Å². The Kier molecular flexibility index (Phi) is 5.93. The van der Waals surface area contributed by atoms with Gasteiger partial charge in [-0.3, -0.25) is 19.3 Å². The van der Waals surface area contributed by atoms with E-state index >= 15 is 0 Å². The van der Waals surface area contributed by atoms with Gasteiger partial charge in [0.25, 0.3) is 0 Å². The molecule has 0 aromatic heterocycles. The number of hydrogen-bond donors (Lipinski definition) is 1. The van der Waals surface area contributed by atoms with Crippen LogP contribution in [0.1, 0.15) is 44.9 Å². The van der Waals surface area contributed by atoms with Crippen LogP contribution in [0, 0.1) is 5.92 Å². The largest absolute Gasteiger partial charge is 0.370 e. The fourth-order valence-electron chi connectivity index (χ4n) is 4.36. The standard InChI is InChI=1S/C18H30N4O3/c19-16(23)7-8-20-9-11-21(12-10-20)18(25)14-5-6-17(24)22(13-14)15-3-1-2-4-15/h14-15H,1-13H2,(H2,19,23). The van der Waals surface area contributed by atoms with E-state index in [0.717, 1.165) is 25.9 Å². The van der Waals surface area contributed by atoms with Gasteiger partial charge in [-0.1, -0.05) is 12.8 Å². The SMILES string of the molecule is NC(=O)CCN1CCN(C(=O)C2CCC(=O)N(C3CCCC3)C2)CC1. The summed E-state index contributed by atoms with van der Waals surface area (Å²) in [6, 6.07) is 0.355. The number of amides is 3. The molecule has 1 atom stereocenters. The Hall–Kier alpha value is -1.63. The van der Waals surface area contributed by atoms with E-state index in [1.54, 1.807) is 0 Å². The zero-order chi connectivity index (χ0) is 17.8. The van der Waals surface area contributed by atoms with Crippen LogP contribution >= 0.6 is 0 Å². The van der Waals surface area contributed by atoms with Gasteiger partial charge in [0.05, 0.1) is 5.92 Å². The van der Waals surface area contributed by atoms with Gasteiger partial charge in [-0.05, 0) is 19.3 Å². The maximum absolute atomic E-state index is 12.9. The Morgan fingerprint density at radius 2 is 1.72 bits per heavy atom. The molecular formula is C18H30N4O3. The van der Waals surface area contributed by atoms with E-state index < -0.39 is 0 Å². The van der Waals surface area contributed by atoms with Crippen LogP contribution in [0.15, 0.2) is 0 Å². The molecule has 3 rings (SSSR count). The second kappa shape index (κ2) is 8.17. The highest BCUT2D eigenvalue weighted by atomic mass is 16.2. The van der Waals surface area contributed by atoms with Gasteiger partial charge in [0.2, 0.25) is 17.7 Å². The topological polar surface area (TPSA) is 87.0 Å². The predicted molar refractivity (Wildman–Crippen MR) is 93.5 cm³/mol. The molecular weight excluding hydrogens is 320 g/mol. The fourth-order valence-corrected chi connectivity index (χ4v) is 4.36. The van der Waals surface area contributed by atoms with Crippen LogP contribution in [0.4, 0.5) is 0 Å². The lowest BCUT2D eigenvalue weighted by atomic mass is 9.94. The fraction of sp³-hybridized carbons (Fsp3) is 0.833. The molecule has 1 unspecified atom stereocenters. The van der Waals surface area contributed by atoms with E-state index in [0.29, 0.717) is 51.5 Å². The van der Waals surface area contributed by atoms with Gasteiger partial charge >= 0.3 is 0 Å². The number of piperidine rings is 1. The molecule has 2 N–H and O–H groups in total. The average molecular weight is 350 g/mol. The molecule has 3 amide bonds. The molecule has 0 aromatic rings. The number of rotatable bonds is 5. The monoisotopic (exact) mass is 350 g/mol. The summed E-state index contributed by atoms with van der Waals surface area (Å²) in [6.45, 7) is 4.25. The van der Waals surface area contributed by atoms with Crippen molar-refractivity contribution in [2.24, 2.45) is 11.7 Å². The molecule has 0 aromatic carbocycles. The van der Waals surface area contributed by atoms with Crippen molar-refractivity contribution in [3.8, 4) is 0 Å². The highest BCUT2D eigenvalue weighted by Crippen LogP contribution is 2.29. The van der Waals surface area contributed by atoms with Crippen LogP contribution in [0.2, 0.25) is 0 Å². The van der Waals surface area contributed by atoms with Crippen molar-refractivity contribution >= 4 is 17.7 Å². The number of hydrogen-bond acceptors (Lipinski definition) is 4. The molecule has 2 aliphatic heterocycles. The minimum absolute atomic E-state index is 0.0459. The normalized spacial score (nSPS) is 26.2. The molecule has 0 bridgehead atoms.